The van der Waals surface area contributed by atoms with Crippen molar-refractivity contribution in [2.45, 2.75) is 25.8 Å². The van der Waals surface area contributed by atoms with Gasteiger partial charge in [-0.15, -0.1) is 0 Å². The molecule has 1 saturated heterocycles. The number of aryl methyl sites for hydroxylation is 1. The molecule has 1 fully saturated rings. The zero-order valence-electron chi connectivity index (χ0n) is 17.1. The van der Waals surface area contributed by atoms with Crippen LogP contribution in [0.15, 0.2) is 65.6 Å². The average Bonchev–Trinajstić information content (AvgIpc) is 3.33. The lowest BCUT2D eigenvalue weighted by Gasteiger charge is -2.19. The number of rotatable bonds is 5. The molecule has 0 aliphatic carbocycles. The van der Waals surface area contributed by atoms with Crippen LogP contribution in [0.3, 0.4) is 0 Å². The monoisotopic (exact) mass is 413 g/mol. The number of pyridine rings is 1. The third-order valence-electron chi connectivity index (χ3n) is 5.71. The maximum absolute atomic E-state index is 13.2. The molecule has 4 aromatic rings. The fourth-order valence-electron chi connectivity index (χ4n) is 4.17. The van der Waals surface area contributed by atoms with Crippen LogP contribution in [-0.4, -0.2) is 33.5 Å². The van der Waals surface area contributed by atoms with Crippen molar-refractivity contribution in [2.75, 3.05) is 23.3 Å². The Labute approximate surface area is 179 Å². The summed E-state index contributed by atoms with van der Waals surface area (Å²) in [6.07, 6.45) is 4.02. The number of nitrogens with one attached hydrogen (secondary N) is 1. The van der Waals surface area contributed by atoms with Crippen molar-refractivity contribution in [2.24, 2.45) is 0 Å². The first-order chi connectivity index (χ1) is 15.2. The van der Waals surface area contributed by atoms with Crippen LogP contribution in [0.4, 0.5) is 11.5 Å². The van der Waals surface area contributed by atoms with Crippen LogP contribution in [-0.2, 0) is 11.3 Å². The Morgan fingerprint density at radius 1 is 1.00 bits per heavy atom. The number of hydrogen-bond acceptors (Lipinski definition) is 5. The number of carbonyl (C=O) groups is 1. The number of carbonyl (C=O) groups excluding carboxylic acids is 1. The number of anilines is 2. The van der Waals surface area contributed by atoms with Gasteiger partial charge in [0.05, 0.1) is 22.2 Å². The summed E-state index contributed by atoms with van der Waals surface area (Å²) in [6, 6.07) is 17.1. The molecule has 1 aliphatic rings. The van der Waals surface area contributed by atoms with Crippen LogP contribution in [0, 0.1) is 0 Å². The molecule has 0 spiro atoms. The molecule has 1 amide bonds. The predicted molar refractivity (Wildman–Crippen MR) is 122 cm³/mol. The molecule has 0 atom stereocenters. The second kappa shape index (κ2) is 8.18. The van der Waals surface area contributed by atoms with Gasteiger partial charge in [0.15, 0.2) is 5.82 Å². The van der Waals surface area contributed by atoms with Gasteiger partial charge in [-0.2, -0.15) is 0 Å². The van der Waals surface area contributed by atoms with Crippen molar-refractivity contribution in [3.63, 3.8) is 0 Å². The SMILES string of the molecule is O=C(CCn1c(=O)c(N2CCCC2)nc2ccccc21)Nc1cccc2cccnc12. The van der Waals surface area contributed by atoms with Crippen molar-refractivity contribution in [3.05, 3.63) is 71.1 Å². The highest BCUT2D eigenvalue weighted by Crippen LogP contribution is 2.21. The molecule has 7 heteroatoms. The summed E-state index contributed by atoms with van der Waals surface area (Å²) in [5, 5.41) is 3.91. The van der Waals surface area contributed by atoms with Gasteiger partial charge >= 0.3 is 0 Å². The lowest BCUT2D eigenvalue weighted by atomic mass is 10.2. The van der Waals surface area contributed by atoms with Crippen LogP contribution in [0.5, 0.6) is 0 Å². The minimum Gasteiger partial charge on any atom is -0.352 e. The minimum atomic E-state index is -0.159. The number of hydrogen-bond donors (Lipinski definition) is 1. The van der Waals surface area contributed by atoms with Crippen LogP contribution in [0.25, 0.3) is 21.9 Å². The van der Waals surface area contributed by atoms with E-state index in [2.05, 4.69) is 15.3 Å². The third-order valence-corrected chi connectivity index (χ3v) is 5.71. The Balaban J connectivity index is 1.42. The second-order valence-electron chi connectivity index (χ2n) is 7.75. The average molecular weight is 413 g/mol. The molecule has 0 radical (unpaired) electrons. The molecule has 2 aromatic carbocycles. The molecule has 2 aromatic heterocycles. The Hall–Kier alpha value is -3.74. The quantitative estimate of drug-likeness (QED) is 0.541. The van der Waals surface area contributed by atoms with E-state index in [0.29, 0.717) is 11.5 Å². The largest absolute Gasteiger partial charge is 0.352 e. The van der Waals surface area contributed by atoms with Crippen LogP contribution >= 0.6 is 0 Å². The van der Waals surface area contributed by atoms with E-state index in [-0.39, 0.29) is 24.4 Å². The van der Waals surface area contributed by atoms with Gasteiger partial charge in [0.1, 0.15) is 0 Å². The molecule has 1 N–H and O–H groups in total. The first kappa shape index (κ1) is 19.2. The topological polar surface area (TPSA) is 80.1 Å². The first-order valence-corrected chi connectivity index (χ1v) is 10.6. The highest BCUT2D eigenvalue weighted by Gasteiger charge is 2.20. The fraction of sp³-hybridized carbons (Fsp3) is 0.250. The highest BCUT2D eigenvalue weighted by atomic mass is 16.2. The van der Waals surface area contributed by atoms with Gasteiger partial charge in [0, 0.05) is 37.6 Å². The molecule has 0 unspecified atom stereocenters. The zero-order chi connectivity index (χ0) is 21.2. The van der Waals surface area contributed by atoms with Gasteiger partial charge in [0.25, 0.3) is 5.56 Å². The lowest BCUT2D eigenvalue weighted by molar-refractivity contribution is -0.116. The van der Waals surface area contributed by atoms with E-state index >= 15 is 0 Å². The third kappa shape index (κ3) is 3.74. The molecule has 0 bridgehead atoms. The molecule has 7 nitrogen and oxygen atoms in total. The number of nitrogens with zero attached hydrogens (tertiary/aromatic N) is 4. The highest BCUT2D eigenvalue weighted by molar-refractivity contribution is 6.00. The first-order valence-electron chi connectivity index (χ1n) is 10.6. The summed E-state index contributed by atoms with van der Waals surface area (Å²) >= 11 is 0. The summed E-state index contributed by atoms with van der Waals surface area (Å²) in [4.78, 5) is 37.0. The summed E-state index contributed by atoms with van der Waals surface area (Å²) in [5.41, 5.74) is 2.80. The van der Waals surface area contributed by atoms with Gasteiger partial charge in [-0.3, -0.25) is 14.6 Å². The number of fused-ring (bicyclic) bond motifs is 2. The number of para-hydroxylation sites is 3. The summed E-state index contributed by atoms with van der Waals surface area (Å²) in [7, 11) is 0. The van der Waals surface area contributed by atoms with Crippen molar-refractivity contribution in [1.29, 1.82) is 0 Å². The van der Waals surface area contributed by atoms with E-state index in [4.69, 9.17) is 0 Å². The van der Waals surface area contributed by atoms with Crippen LogP contribution in [0.2, 0.25) is 0 Å². The van der Waals surface area contributed by atoms with Gasteiger partial charge < -0.3 is 14.8 Å². The smallest absolute Gasteiger partial charge is 0.294 e. The van der Waals surface area contributed by atoms with E-state index < -0.39 is 0 Å². The predicted octanol–water partition coefficient (Wildman–Crippen LogP) is 3.57. The van der Waals surface area contributed by atoms with Gasteiger partial charge in [-0.1, -0.05) is 30.3 Å². The maximum Gasteiger partial charge on any atom is 0.294 e. The van der Waals surface area contributed by atoms with Crippen molar-refractivity contribution in [1.82, 2.24) is 14.5 Å². The van der Waals surface area contributed by atoms with E-state index in [1.54, 1.807) is 10.8 Å². The molecular weight excluding hydrogens is 390 g/mol. The van der Waals surface area contributed by atoms with Gasteiger partial charge in [-0.25, -0.2) is 4.98 Å². The molecular formula is C24H23N5O2. The molecule has 5 rings (SSSR count). The van der Waals surface area contributed by atoms with Crippen LogP contribution < -0.4 is 15.8 Å². The lowest BCUT2D eigenvalue weighted by Crippen LogP contribution is -2.32. The number of amides is 1. The van der Waals surface area contributed by atoms with Gasteiger partial charge in [0.2, 0.25) is 5.91 Å². The standard InChI is InChI=1S/C24H23N5O2/c30-21(26-19-10-5-7-17-8-6-13-25-22(17)19)12-16-29-20-11-2-1-9-18(20)27-23(24(29)31)28-14-3-4-15-28/h1-2,5-11,13H,3-4,12,14-16H2,(H,26,30). The fourth-order valence-corrected chi connectivity index (χ4v) is 4.17. The Morgan fingerprint density at radius 2 is 1.81 bits per heavy atom. The minimum absolute atomic E-state index is 0.139. The number of benzene rings is 2. The summed E-state index contributed by atoms with van der Waals surface area (Å²) in [5.74, 6) is 0.323. The zero-order valence-corrected chi connectivity index (χ0v) is 17.1. The van der Waals surface area contributed by atoms with Crippen molar-refractivity contribution >= 4 is 39.3 Å². The molecule has 3 heterocycles. The molecule has 1 aliphatic heterocycles. The van der Waals surface area contributed by atoms with E-state index in [1.807, 2.05) is 59.5 Å². The Morgan fingerprint density at radius 3 is 2.68 bits per heavy atom. The second-order valence-corrected chi connectivity index (χ2v) is 7.75. The normalized spacial score (nSPS) is 13.7. The molecule has 31 heavy (non-hydrogen) atoms. The van der Waals surface area contributed by atoms with E-state index in [0.717, 1.165) is 47.9 Å². The van der Waals surface area contributed by atoms with Crippen LogP contribution in [0.1, 0.15) is 19.3 Å². The number of aromatic nitrogens is 3. The van der Waals surface area contributed by atoms with Crippen molar-refractivity contribution in [3.8, 4) is 0 Å². The Bertz CT molecular complexity index is 1320. The summed E-state index contributed by atoms with van der Waals surface area (Å²) < 4.78 is 1.68. The Kier molecular flexibility index (Phi) is 5.08. The van der Waals surface area contributed by atoms with E-state index in [1.165, 1.54) is 0 Å². The van der Waals surface area contributed by atoms with Crippen molar-refractivity contribution < 1.29 is 4.79 Å². The van der Waals surface area contributed by atoms with Gasteiger partial charge in [-0.05, 0) is 37.1 Å². The molecule has 156 valence electrons. The maximum atomic E-state index is 13.2. The summed E-state index contributed by atoms with van der Waals surface area (Å²) in [6.45, 7) is 1.97. The molecule has 0 saturated carbocycles. The van der Waals surface area contributed by atoms with E-state index in [9.17, 15) is 9.59 Å².